The number of hydrogen-bond acceptors (Lipinski definition) is 7. The van der Waals surface area contributed by atoms with Crippen molar-refractivity contribution in [3.8, 4) is 11.5 Å². The second kappa shape index (κ2) is 9.44. The van der Waals surface area contributed by atoms with E-state index in [1.54, 1.807) is 26.2 Å². The molecule has 0 heterocycles. The van der Waals surface area contributed by atoms with Crippen LogP contribution >= 0.6 is 0 Å². The molecule has 11 nitrogen and oxygen atoms in total. The monoisotopic (exact) mass is 494 g/mol. The topological polar surface area (TPSA) is 177 Å². The molecule has 0 spiro atoms. The highest BCUT2D eigenvalue weighted by Crippen LogP contribution is 2.26. The average molecular weight is 495 g/mol. The van der Waals surface area contributed by atoms with Crippen LogP contribution in [0.2, 0.25) is 26.2 Å². The average Bonchev–Trinajstić information content (AvgIpc) is 2.65. The fourth-order valence-corrected chi connectivity index (χ4v) is 9.56. The summed E-state index contributed by atoms with van der Waals surface area (Å²) in [5.41, 5.74) is -1.63. The summed E-state index contributed by atoms with van der Waals surface area (Å²) in [6.45, 7) is 6.69. The van der Waals surface area contributed by atoms with E-state index in [1.165, 1.54) is 12.1 Å². The van der Waals surface area contributed by atoms with Gasteiger partial charge in [0.25, 0.3) is 0 Å². The normalized spacial score (nSPS) is 11.5. The van der Waals surface area contributed by atoms with Gasteiger partial charge in [0.05, 0.1) is 22.3 Å². The Bertz CT molecular complexity index is 1040. The number of rotatable bonds is 10. The van der Waals surface area contributed by atoms with Crippen LogP contribution in [-0.2, 0) is 4.12 Å². The van der Waals surface area contributed by atoms with Gasteiger partial charge in [0.15, 0.2) is 0 Å². The first-order valence-electron chi connectivity index (χ1n) is 9.41. The van der Waals surface area contributed by atoms with E-state index in [0.717, 1.165) is 24.3 Å². The first-order valence-corrected chi connectivity index (χ1v) is 15.0. The highest BCUT2D eigenvalue weighted by Gasteiger charge is 2.39. The number of benzene rings is 2. The molecule has 2 rings (SSSR count). The van der Waals surface area contributed by atoms with Crippen LogP contribution in [0.3, 0.4) is 0 Å². The van der Waals surface area contributed by atoms with Crippen molar-refractivity contribution in [3.05, 3.63) is 58.7 Å². The number of carboxylic acids is 4. The second-order valence-electron chi connectivity index (χ2n) is 7.74. The largest absolute Gasteiger partial charge is 0.521 e. The summed E-state index contributed by atoms with van der Waals surface area (Å²) in [7, 11) is -6.03. The molecule has 0 saturated carbocycles. The second-order valence-corrected chi connectivity index (χ2v) is 14.6. The molecule has 2 aromatic carbocycles. The van der Waals surface area contributed by atoms with Gasteiger partial charge in [-0.25, -0.2) is 19.2 Å². The van der Waals surface area contributed by atoms with Gasteiger partial charge in [-0.05, 0) is 62.6 Å². The zero-order chi connectivity index (χ0) is 25.1. The van der Waals surface area contributed by atoms with Gasteiger partial charge in [-0.2, -0.15) is 0 Å². The molecule has 2 aromatic rings. The first-order chi connectivity index (χ1) is 15.1. The summed E-state index contributed by atoms with van der Waals surface area (Å²) in [6.07, 6.45) is 0. The van der Waals surface area contributed by atoms with Crippen molar-refractivity contribution >= 4 is 41.0 Å². The molecular formula is C20H22O11Si2. The van der Waals surface area contributed by atoms with Gasteiger partial charge < -0.3 is 33.4 Å². The Morgan fingerprint density at radius 3 is 1.15 bits per heavy atom. The van der Waals surface area contributed by atoms with Crippen LogP contribution in [-0.4, -0.2) is 61.4 Å². The van der Waals surface area contributed by atoms with Crippen molar-refractivity contribution in [3.63, 3.8) is 0 Å². The maximum Gasteiger partial charge on any atom is 0.384 e. The third kappa shape index (κ3) is 6.65. The van der Waals surface area contributed by atoms with Crippen LogP contribution in [0.4, 0.5) is 0 Å². The van der Waals surface area contributed by atoms with Gasteiger partial charge in [-0.1, -0.05) is 0 Å². The standard InChI is InChI=1S/C20H22O11Si2/c1-32(2,29-11-5-7-13(17(21)22)15(9-11)19(25)26)31-33(3,4)30-12-6-8-14(18(23)24)16(10-12)20(27)28/h5-10H,1-4H3,(H,21,22)(H,23,24)(H,25,26)(H,27,28). The highest BCUT2D eigenvalue weighted by molar-refractivity contribution is 6.79. The van der Waals surface area contributed by atoms with Gasteiger partial charge in [0.1, 0.15) is 11.5 Å². The Labute approximate surface area is 190 Å². The summed E-state index contributed by atoms with van der Waals surface area (Å²) in [5, 5.41) is 36.8. The zero-order valence-corrected chi connectivity index (χ0v) is 20.1. The van der Waals surface area contributed by atoms with Gasteiger partial charge >= 0.3 is 41.0 Å². The quantitative estimate of drug-likeness (QED) is 0.356. The Hall–Kier alpha value is -3.69. The van der Waals surface area contributed by atoms with E-state index in [1.807, 2.05) is 0 Å². The van der Waals surface area contributed by atoms with Crippen LogP contribution in [0.15, 0.2) is 36.4 Å². The Morgan fingerprint density at radius 2 is 0.879 bits per heavy atom. The summed E-state index contributed by atoms with van der Waals surface area (Å²) in [6, 6.07) is 7.11. The van der Waals surface area contributed by atoms with Crippen molar-refractivity contribution in [2.24, 2.45) is 0 Å². The maximum absolute atomic E-state index is 11.4. The molecule has 176 valence electrons. The van der Waals surface area contributed by atoms with E-state index in [0.29, 0.717) is 0 Å². The summed E-state index contributed by atoms with van der Waals surface area (Å²) >= 11 is 0. The lowest BCUT2D eigenvalue weighted by molar-refractivity contribution is 0.0651. The van der Waals surface area contributed by atoms with Gasteiger partial charge in [-0.15, -0.1) is 0 Å². The van der Waals surface area contributed by atoms with Crippen molar-refractivity contribution in [1.29, 1.82) is 0 Å². The molecule has 0 bridgehead atoms. The lowest BCUT2D eigenvalue weighted by atomic mass is 10.1. The van der Waals surface area contributed by atoms with Gasteiger partial charge in [-0.3, -0.25) is 0 Å². The van der Waals surface area contributed by atoms with E-state index in [4.69, 9.17) is 23.2 Å². The predicted octanol–water partition coefficient (Wildman–Crippen LogP) is 3.36. The summed E-state index contributed by atoms with van der Waals surface area (Å²) in [5.74, 6) is -5.40. The molecule has 33 heavy (non-hydrogen) atoms. The minimum atomic E-state index is -3.01. The first kappa shape index (κ1) is 25.6. The van der Waals surface area contributed by atoms with E-state index in [-0.39, 0.29) is 22.6 Å². The van der Waals surface area contributed by atoms with Crippen LogP contribution in [0.5, 0.6) is 11.5 Å². The third-order valence-electron chi connectivity index (χ3n) is 4.12. The van der Waals surface area contributed by atoms with E-state index in [2.05, 4.69) is 0 Å². The van der Waals surface area contributed by atoms with Gasteiger partial charge in [0.2, 0.25) is 0 Å². The van der Waals surface area contributed by atoms with E-state index >= 15 is 0 Å². The molecule has 0 unspecified atom stereocenters. The molecule has 0 aliphatic carbocycles. The fourth-order valence-electron chi connectivity index (χ4n) is 3.10. The van der Waals surface area contributed by atoms with Crippen LogP contribution in [0, 0.1) is 0 Å². The molecule has 13 heteroatoms. The molecule has 0 aliphatic heterocycles. The molecule has 0 saturated heterocycles. The minimum Gasteiger partial charge on any atom is -0.521 e. The Morgan fingerprint density at radius 1 is 0.576 bits per heavy atom. The summed E-state index contributed by atoms with van der Waals surface area (Å²) in [4.78, 5) is 45.2. The van der Waals surface area contributed by atoms with Gasteiger partial charge in [0, 0.05) is 0 Å². The van der Waals surface area contributed by atoms with Crippen molar-refractivity contribution in [1.82, 2.24) is 0 Å². The predicted molar refractivity (Wildman–Crippen MR) is 118 cm³/mol. The highest BCUT2D eigenvalue weighted by atomic mass is 28.5. The number of carboxylic acid groups (broad SMARTS) is 4. The molecule has 0 fully saturated rings. The SMILES string of the molecule is C[Si](C)(Oc1ccc(C(=O)O)c(C(=O)O)c1)O[Si](C)(C)Oc1ccc(C(=O)O)c(C(=O)O)c1. The molecular weight excluding hydrogens is 472 g/mol. The lowest BCUT2D eigenvalue weighted by Crippen LogP contribution is -2.52. The van der Waals surface area contributed by atoms with Crippen molar-refractivity contribution in [2.75, 3.05) is 0 Å². The van der Waals surface area contributed by atoms with Crippen molar-refractivity contribution < 1.29 is 52.6 Å². The smallest absolute Gasteiger partial charge is 0.384 e. The zero-order valence-electron chi connectivity index (χ0n) is 18.1. The van der Waals surface area contributed by atoms with Crippen LogP contribution in [0.25, 0.3) is 0 Å². The maximum atomic E-state index is 11.4. The molecule has 0 aromatic heterocycles. The van der Waals surface area contributed by atoms with E-state index < -0.39 is 52.1 Å². The number of hydrogen-bond donors (Lipinski definition) is 4. The van der Waals surface area contributed by atoms with Crippen LogP contribution in [0.1, 0.15) is 41.4 Å². The summed E-state index contributed by atoms with van der Waals surface area (Å²) < 4.78 is 17.8. The molecule has 0 radical (unpaired) electrons. The van der Waals surface area contributed by atoms with E-state index in [9.17, 15) is 29.4 Å². The molecule has 0 amide bonds. The molecule has 4 N–H and O–H groups in total. The lowest BCUT2D eigenvalue weighted by Gasteiger charge is -2.33. The number of carbonyl (C=O) groups is 4. The van der Waals surface area contributed by atoms with Crippen LogP contribution < -0.4 is 8.85 Å². The number of aromatic carboxylic acids is 4. The Balaban J connectivity index is 2.23. The fraction of sp³-hybridized carbons (Fsp3) is 0.200. The van der Waals surface area contributed by atoms with Crippen molar-refractivity contribution in [2.45, 2.75) is 26.2 Å². The minimum absolute atomic E-state index is 0.109. The molecule has 0 aliphatic rings. The third-order valence-corrected chi connectivity index (χ3v) is 9.51. The molecule has 0 atom stereocenters. The Kier molecular flexibility index (Phi) is 7.31.